The standard InChI is InChI=1S/C17H14BrNO3S/c1-12-3-6-14(7-4-12)23(20,21)15(11-19)9-13-5-8-17(22-2)16(18)10-13/h3-10H,1-2H3/b15-9+. The maximum atomic E-state index is 12.6. The fourth-order valence-electron chi connectivity index (χ4n) is 1.94. The minimum atomic E-state index is -3.84. The number of allylic oxidation sites excluding steroid dienone is 1. The van der Waals surface area contributed by atoms with E-state index >= 15 is 0 Å². The van der Waals surface area contributed by atoms with Crippen LogP contribution in [0.4, 0.5) is 0 Å². The van der Waals surface area contributed by atoms with E-state index in [0.717, 1.165) is 5.56 Å². The molecule has 0 aliphatic heterocycles. The minimum Gasteiger partial charge on any atom is -0.496 e. The van der Waals surface area contributed by atoms with Gasteiger partial charge in [-0.05, 0) is 58.8 Å². The largest absolute Gasteiger partial charge is 0.496 e. The Morgan fingerprint density at radius 1 is 1.22 bits per heavy atom. The Bertz CT molecular complexity index is 894. The van der Waals surface area contributed by atoms with Crippen molar-refractivity contribution in [3.05, 3.63) is 63.0 Å². The highest BCUT2D eigenvalue weighted by atomic mass is 79.9. The van der Waals surface area contributed by atoms with Crippen LogP contribution < -0.4 is 4.74 Å². The van der Waals surface area contributed by atoms with Gasteiger partial charge in [0.15, 0.2) is 0 Å². The number of ether oxygens (including phenoxy) is 1. The molecule has 4 nitrogen and oxygen atoms in total. The molecule has 0 aliphatic carbocycles. The molecule has 0 bridgehead atoms. The molecule has 0 unspecified atom stereocenters. The fourth-order valence-corrected chi connectivity index (χ4v) is 3.66. The smallest absolute Gasteiger partial charge is 0.216 e. The van der Waals surface area contributed by atoms with Crippen molar-refractivity contribution in [3.63, 3.8) is 0 Å². The molecule has 6 heteroatoms. The zero-order valence-corrected chi connectivity index (χ0v) is 15.0. The van der Waals surface area contributed by atoms with Gasteiger partial charge in [0.1, 0.15) is 16.7 Å². The van der Waals surface area contributed by atoms with E-state index in [1.807, 2.05) is 6.92 Å². The maximum Gasteiger partial charge on any atom is 0.216 e. The first kappa shape index (κ1) is 17.3. The fraction of sp³-hybridized carbons (Fsp3) is 0.118. The average molecular weight is 392 g/mol. The third-order valence-corrected chi connectivity index (χ3v) is 5.51. The number of halogens is 1. The van der Waals surface area contributed by atoms with Crippen molar-refractivity contribution in [1.82, 2.24) is 0 Å². The molecule has 0 N–H and O–H groups in total. The first-order valence-corrected chi connectivity index (χ1v) is 8.93. The number of hydrogen-bond acceptors (Lipinski definition) is 4. The lowest BCUT2D eigenvalue weighted by Gasteiger charge is -2.06. The molecule has 2 aromatic rings. The normalized spacial score (nSPS) is 11.8. The maximum absolute atomic E-state index is 12.6. The molecule has 0 aromatic heterocycles. The molecule has 118 valence electrons. The molecular formula is C17H14BrNO3S. The molecule has 0 atom stereocenters. The van der Waals surface area contributed by atoms with E-state index in [1.54, 1.807) is 36.4 Å². The SMILES string of the molecule is COc1ccc(/C=C(\C#N)S(=O)(=O)c2ccc(C)cc2)cc1Br. The average Bonchev–Trinajstić information content (AvgIpc) is 2.53. The summed E-state index contributed by atoms with van der Waals surface area (Å²) in [5.74, 6) is 0.627. The summed E-state index contributed by atoms with van der Waals surface area (Å²) in [4.78, 5) is -0.207. The molecule has 0 fully saturated rings. The van der Waals surface area contributed by atoms with E-state index in [2.05, 4.69) is 15.9 Å². The number of nitriles is 1. The van der Waals surface area contributed by atoms with Gasteiger partial charge in [0, 0.05) is 0 Å². The highest BCUT2D eigenvalue weighted by molar-refractivity contribution is 9.10. The van der Waals surface area contributed by atoms with Gasteiger partial charge in [-0.3, -0.25) is 0 Å². The van der Waals surface area contributed by atoms with Crippen molar-refractivity contribution < 1.29 is 13.2 Å². The Morgan fingerprint density at radius 3 is 2.39 bits per heavy atom. The number of aryl methyl sites for hydroxylation is 1. The highest BCUT2D eigenvalue weighted by Gasteiger charge is 2.20. The van der Waals surface area contributed by atoms with Gasteiger partial charge in [0.25, 0.3) is 0 Å². The molecule has 23 heavy (non-hydrogen) atoms. The van der Waals surface area contributed by atoms with Crippen LogP contribution in [-0.2, 0) is 9.84 Å². The van der Waals surface area contributed by atoms with E-state index < -0.39 is 9.84 Å². The van der Waals surface area contributed by atoms with E-state index in [0.29, 0.717) is 15.8 Å². The van der Waals surface area contributed by atoms with E-state index in [1.165, 1.54) is 25.3 Å². The number of methoxy groups -OCH3 is 1. The van der Waals surface area contributed by atoms with Crippen LogP contribution in [0.3, 0.4) is 0 Å². The van der Waals surface area contributed by atoms with Crippen molar-refractivity contribution in [2.45, 2.75) is 11.8 Å². The molecule has 2 aromatic carbocycles. The van der Waals surface area contributed by atoms with Gasteiger partial charge in [-0.2, -0.15) is 5.26 Å². The van der Waals surface area contributed by atoms with Gasteiger partial charge < -0.3 is 4.74 Å². The Kier molecular flexibility index (Phi) is 5.24. The van der Waals surface area contributed by atoms with Crippen LogP contribution in [0, 0.1) is 18.3 Å². The zero-order chi connectivity index (χ0) is 17.0. The predicted octanol–water partition coefficient (Wildman–Crippen LogP) is 4.10. The summed E-state index contributed by atoms with van der Waals surface area (Å²) in [6, 6.07) is 13.3. The Labute approximate surface area is 144 Å². The molecule has 0 saturated carbocycles. The quantitative estimate of drug-likeness (QED) is 0.735. The second kappa shape index (κ2) is 6.99. The van der Waals surface area contributed by atoms with Gasteiger partial charge in [-0.25, -0.2) is 8.42 Å². The second-order valence-electron chi connectivity index (χ2n) is 4.83. The van der Waals surface area contributed by atoms with Crippen molar-refractivity contribution in [3.8, 4) is 11.8 Å². The zero-order valence-electron chi connectivity index (χ0n) is 12.6. The van der Waals surface area contributed by atoms with Gasteiger partial charge in [-0.1, -0.05) is 23.8 Å². The van der Waals surface area contributed by atoms with Crippen LogP contribution in [-0.4, -0.2) is 15.5 Å². The lowest BCUT2D eigenvalue weighted by atomic mass is 10.2. The molecule has 0 saturated heterocycles. The van der Waals surface area contributed by atoms with Crippen molar-refractivity contribution in [1.29, 1.82) is 5.26 Å². The summed E-state index contributed by atoms with van der Waals surface area (Å²) < 4.78 is 30.9. The Hall–Kier alpha value is -2.10. The monoisotopic (exact) mass is 391 g/mol. The van der Waals surface area contributed by atoms with Crippen molar-refractivity contribution >= 4 is 31.8 Å². The number of hydrogen-bond donors (Lipinski definition) is 0. The summed E-state index contributed by atoms with van der Waals surface area (Å²) in [5.41, 5.74) is 1.54. The van der Waals surface area contributed by atoms with E-state index in [9.17, 15) is 13.7 Å². The van der Waals surface area contributed by atoms with Crippen LogP contribution in [0.1, 0.15) is 11.1 Å². The Morgan fingerprint density at radius 2 is 1.87 bits per heavy atom. The summed E-state index contributed by atoms with van der Waals surface area (Å²) in [5, 5.41) is 9.28. The van der Waals surface area contributed by atoms with Gasteiger partial charge in [0.2, 0.25) is 9.84 Å². The number of rotatable bonds is 4. The lowest BCUT2D eigenvalue weighted by molar-refractivity contribution is 0.412. The van der Waals surface area contributed by atoms with E-state index in [4.69, 9.17) is 4.74 Å². The van der Waals surface area contributed by atoms with Gasteiger partial charge in [-0.15, -0.1) is 0 Å². The number of benzene rings is 2. The van der Waals surface area contributed by atoms with E-state index in [-0.39, 0.29) is 9.80 Å². The Balaban J connectivity index is 2.48. The van der Waals surface area contributed by atoms with Crippen LogP contribution in [0.2, 0.25) is 0 Å². The topological polar surface area (TPSA) is 67.2 Å². The molecule has 0 aliphatic rings. The summed E-state index contributed by atoms with van der Waals surface area (Å²) >= 11 is 3.34. The third-order valence-electron chi connectivity index (χ3n) is 3.20. The first-order chi connectivity index (χ1) is 10.9. The molecule has 0 amide bonds. The summed E-state index contributed by atoms with van der Waals surface area (Å²) in [6.07, 6.45) is 1.35. The first-order valence-electron chi connectivity index (χ1n) is 6.65. The van der Waals surface area contributed by atoms with Crippen molar-refractivity contribution in [2.24, 2.45) is 0 Å². The second-order valence-corrected chi connectivity index (χ2v) is 7.60. The molecule has 0 radical (unpaired) electrons. The highest BCUT2D eigenvalue weighted by Crippen LogP contribution is 2.28. The number of sulfone groups is 1. The molecule has 0 heterocycles. The summed E-state index contributed by atoms with van der Waals surface area (Å²) in [6.45, 7) is 1.87. The summed E-state index contributed by atoms with van der Waals surface area (Å²) in [7, 11) is -2.30. The van der Waals surface area contributed by atoms with Gasteiger partial charge >= 0.3 is 0 Å². The van der Waals surface area contributed by atoms with Crippen LogP contribution >= 0.6 is 15.9 Å². The predicted molar refractivity (Wildman–Crippen MR) is 92.6 cm³/mol. The van der Waals surface area contributed by atoms with Crippen LogP contribution in [0.25, 0.3) is 6.08 Å². The molecule has 0 spiro atoms. The lowest BCUT2D eigenvalue weighted by Crippen LogP contribution is -2.03. The van der Waals surface area contributed by atoms with Crippen LogP contribution in [0.15, 0.2) is 56.7 Å². The molecular weight excluding hydrogens is 378 g/mol. The molecule has 2 rings (SSSR count). The number of nitrogens with zero attached hydrogens (tertiary/aromatic N) is 1. The van der Waals surface area contributed by atoms with Crippen LogP contribution in [0.5, 0.6) is 5.75 Å². The van der Waals surface area contributed by atoms with Crippen molar-refractivity contribution in [2.75, 3.05) is 7.11 Å². The van der Waals surface area contributed by atoms with Gasteiger partial charge in [0.05, 0.1) is 16.5 Å². The third kappa shape index (κ3) is 3.81. The minimum absolute atomic E-state index is 0.100.